The molecule has 0 amide bonds. The topological polar surface area (TPSA) is 87.0 Å². The van der Waals surface area contributed by atoms with Crippen LogP contribution >= 0.6 is 0 Å². The summed E-state index contributed by atoms with van der Waals surface area (Å²) in [5.74, 6) is 0.768. The molecule has 1 aromatic carbocycles. The van der Waals surface area contributed by atoms with E-state index >= 15 is 0 Å². The van der Waals surface area contributed by atoms with E-state index in [1.807, 2.05) is 12.1 Å². The molecule has 0 aromatic heterocycles. The minimum atomic E-state index is -0.972. The number of carbonyl (C=O) groups is 1. The SMILES string of the molecule is CCCCC[C@@H](O)CCC1C(O)CC2Cc3c(cccc3OCC(=O)O)CC21.[NaH]. The molecule has 2 aliphatic rings. The fourth-order valence-electron chi connectivity index (χ4n) is 5.24. The Hall–Kier alpha value is -0.590. The van der Waals surface area contributed by atoms with Crippen LogP contribution in [-0.2, 0) is 17.6 Å². The molecule has 0 aliphatic heterocycles. The molecule has 3 N–H and O–H groups in total. The van der Waals surface area contributed by atoms with Crippen molar-refractivity contribution < 1.29 is 24.9 Å². The monoisotopic (exact) mass is 414 g/mol. The van der Waals surface area contributed by atoms with Crippen molar-refractivity contribution in [2.75, 3.05) is 6.61 Å². The predicted octanol–water partition coefficient (Wildman–Crippen LogP) is 2.93. The predicted molar refractivity (Wildman–Crippen MR) is 115 cm³/mol. The van der Waals surface area contributed by atoms with Gasteiger partial charge in [0.2, 0.25) is 0 Å². The van der Waals surface area contributed by atoms with E-state index in [0.717, 1.165) is 63.4 Å². The Morgan fingerprint density at radius 1 is 1.24 bits per heavy atom. The first-order valence-corrected chi connectivity index (χ1v) is 10.8. The van der Waals surface area contributed by atoms with Crippen molar-refractivity contribution in [3.63, 3.8) is 0 Å². The average molecular weight is 415 g/mol. The Balaban J connectivity index is 0.00000300. The quantitative estimate of drug-likeness (QED) is 0.405. The van der Waals surface area contributed by atoms with Gasteiger partial charge >= 0.3 is 35.5 Å². The summed E-state index contributed by atoms with van der Waals surface area (Å²) in [7, 11) is 0. The first kappa shape index (κ1) is 24.7. The Morgan fingerprint density at radius 2 is 2.03 bits per heavy atom. The van der Waals surface area contributed by atoms with E-state index in [2.05, 4.69) is 13.0 Å². The minimum absolute atomic E-state index is 0. The van der Waals surface area contributed by atoms with Crippen molar-refractivity contribution in [1.82, 2.24) is 0 Å². The summed E-state index contributed by atoms with van der Waals surface area (Å²) >= 11 is 0. The fourth-order valence-corrected chi connectivity index (χ4v) is 5.24. The number of hydrogen-bond acceptors (Lipinski definition) is 4. The number of fused-ring (bicyclic) bond motifs is 2. The van der Waals surface area contributed by atoms with E-state index in [0.29, 0.717) is 17.6 Å². The van der Waals surface area contributed by atoms with Gasteiger partial charge in [0.25, 0.3) is 0 Å². The third-order valence-corrected chi connectivity index (χ3v) is 6.67. The van der Waals surface area contributed by atoms with Gasteiger partial charge in [0.1, 0.15) is 5.75 Å². The van der Waals surface area contributed by atoms with Crippen LogP contribution in [0, 0.1) is 17.8 Å². The summed E-state index contributed by atoms with van der Waals surface area (Å²) in [4.78, 5) is 10.8. The van der Waals surface area contributed by atoms with Crippen LogP contribution in [0.5, 0.6) is 5.75 Å². The van der Waals surface area contributed by atoms with Gasteiger partial charge in [0, 0.05) is 0 Å². The summed E-state index contributed by atoms with van der Waals surface area (Å²) in [6.45, 7) is 1.84. The molecular weight excluding hydrogens is 379 g/mol. The van der Waals surface area contributed by atoms with Crippen LogP contribution in [0.1, 0.15) is 63.0 Å². The average Bonchev–Trinajstić information content (AvgIpc) is 2.97. The Bertz CT molecular complexity index is 665. The van der Waals surface area contributed by atoms with Crippen molar-refractivity contribution in [2.45, 2.75) is 76.9 Å². The molecule has 0 spiro atoms. The number of aliphatic hydroxyl groups excluding tert-OH is 2. The Kier molecular flexibility index (Phi) is 9.96. The van der Waals surface area contributed by atoms with Crippen LogP contribution in [-0.4, -0.2) is 69.7 Å². The zero-order chi connectivity index (χ0) is 20.1. The van der Waals surface area contributed by atoms with Crippen LogP contribution in [0.2, 0.25) is 0 Å². The van der Waals surface area contributed by atoms with Crippen molar-refractivity contribution >= 4 is 35.5 Å². The number of ether oxygens (including phenoxy) is 1. The normalized spacial score (nSPS) is 26.2. The van der Waals surface area contributed by atoms with E-state index in [1.165, 1.54) is 5.56 Å². The van der Waals surface area contributed by atoms with Gasteiger partial charge in [-0.2, -0.15) is 0 Å². The fraction of sp³-hybridized carbons (Fsp3) is 0.696. The molecule has 3 rings (SSSR count). The molecule has 5 nitrogen and oxygen atoms in total. The van der Waals surface area contributed by atoms with E-state index in [4.69, 9.17) is 9.84 Å². The van der Waals surface area contributed by atoms with Crippen LogP contribution in [0.15, 0.2) is 18.2 Å². The number of unbranched alkanes of at least 4 members (excludes halogenated alkanes) is 2. The van der Waals surface area contributed by atoms with Gasteiger partial charge in [-0.1, -0.05) is 38.3 Å². The maximum absolute atomic E-state index is 10.8. The maximum atomic E-state index is 10.8. The number of benzene rings is 1. The Morgan fingerprint density at radius 3 is 2.76 bits per heavy atom. The van der Waals surface area contributed by atoms with Gasteiger partial charge in [0.15, 0.2) is 6.61 Å². The number of hydrogen-bond donors (Lipinski definition) is 3. The number of aliphatic hydroxyl groups is 2. The summed E-state index contributed by atoms with van der Waals surface area (Å²) < 4.78 is 5.50. The second kappa shape index (κ2) is 11.7. The zero-order valence-corrected chi connectivity index (χ0v) is 16.8. The van der Waals surface area contributed by atoms with Crippen molar-refractivity contribution in [1.29, 1.82) is 0 Å². The van der Waals surface area contributed by atoms with Gasteiger partial charge in [-0.3, -0.25) is 0 Å². The van der Waals surface area contributed by atoms with E-state index < -0.39 is 5.97 Å². The third-order valence-electron chi connectivity index (χ3n) is 6.67. The molecule has 2 aliphatic carbocycles. The number of carboxylic acid groups (broad SMARTS) is 1. The molecule has 0 radical (unpaired) electrons. The summed E-state index contributed by atoms with van der Waals surface area (Å²) in [6, 6.07) is 5.87. The van der Waals surface area contributed by atoms with Crippen LogP contribution < -0.4 is 4.74 Å². The van der Waals surface area contributed by atoms with Crippen LogP contribution in [0.3, 0.4) is 0 Å². The molecule has 6 heteroatoms. The second-order valence-electron chi connectivity index (χ2n) is 8.60. The first-order chi connectivity index (χ1) is 13.5. The Labute approximate surface area is 196 Å². The van der Waals surface area contributed by atoms with Gasteiger partial charge in [-0.05, 0) is 73.5 Å². The summed E-state index contributed by atoms with van der Waals surface area (Å²) in [5, 5.41) is 29.8. The van der Waals surface area contributed by atoms with Crippen LogP contribution in [0.25, 0.3) is 0 Å². The molecular formula is C23H35NaO5. The number of aliphatic carboxylic acids is 1. The zero-order valence-electron chi connectivity index (χ0n) is 16.8. The molecule has 0 heterocycles. The molecule has 5 atom stereocenters. The molecule has 29 heavy (non-hydrogen) atoms. The van der Waals surface area contributed by atoms with Crippen LogP contribution in [0.4, 0.5) is 0 Å². The van der Waals surface area contributed by atoms with Gasteiger partial charge in [-0.15, -0.1) is 0 Å². The van der Waals surface area contributed by atoms with Gasteiger partial charge in [0.05, 0.1) is 12.2 Å². The molecule has 1 aromatic rings. The van der Waals surface area contributed by atoms with Crippen molar-refractivity contribution in [2.24, 2.45) is 17.8 Å². The second-order valence-corrected chi connectivity index (χ2v) is 8.60. The van der Waals surface area contributed by atoms with Gasteiger partial charge < -0.3 is 20.1 Å². The van der Waals surface area contributed by atoms with E-state index in [-0.39, 0.29) is 54.3 Å². The molecule has 158 valence electrons. The molecule has 0 saturated heterocycles. The number of carboxylic acids is 1. The summed E-state index contributed by atoms with van der Waals surface area (Å²) in [6.07, 6.45) is 7.85. The molecule has 4 unspecified atom stereocenters. The molecule has 0 bridgehead atoms. The van der Waals surface area contributed by atoms with Gasteiger partial charge in [-0.25, -0.2) is 4.79 Å². The number of rotatable bonds is 10. The van der Waals surface area contributed by atoms with E-state index in [1.54, 1.807) is 0 Å². The first-order valence-electron chi connectivity index (χ1n) is 10.8. The summed E-state index contributed by atoms with van der Waals surface area (Å²) in [5.41, 5.74) is 2.32. The van der Waals surface area contributed by atoms with Crippen molar-refractivity contribution in [3.05, 3.63) is 29.3 Å². The standard InChI is InChI=1S/C23H34O5.Na.H/c1-2-3-4-7-17(24)9-10-18-19-11-15-6-5-8-22(28-14-23(26)27)20(15)12-16(19)13-21(18)25;;/h5-6,8,16-19,21,24-25H,2-4,7,9-14H2,1H3,(H,26,27);;/t16?,17-,18?,19?,21?;;/m1../s1. The van der Waals surface area contributed by atoms with Crippen molar-refractivity contribution in [3.8, 4) is 5.75 Å². The van der Waals surface area contributed by atoms with E-state index in [9.17, 15) is 15.0 Å². The molecule has 1 saturated carbocycles. The molecule has 1 fully saturated rings. The third kappa shape index (κ3) is 6.44.